The van der Waals surface area contributed by atoms with E-state index in [0.717, 1.165) is 0 Å². The Hall–Kier alpha value is -0.900. The highest BCUT2D eigenvalue weighted by atomic mass is 16.3. The van der Waals surface area contributed by atoms with Crippen molar-refractivity contribution in [3.05, 3.63) is 0 Å². The monoisotopic (exact) mass is 170 g/mol. The van der Waals surface area contributed by atoms with E-state index in [9.17, 15) is 9.90 Å². The summed E-state index contributed by atoms with van der Waals surface area (Å²) in [5, 5.41) is 9.88. The summed E-state index contributed by atoms with van der Waals surface area (Å²) in [7, 11) is 3.41. The van der Waals surface area contributed by atoms with Gasteiger partial charge in [-0.25, -0.2) is 0 Å². The van der Waals surface area contributed by atoms with Crippen LogP contribution in [0.25, 0.3) is 0 Å². The van der Waals surface area contributed by atoms with Gasteiger partial charge in [0.05, 0.1) is 0 Å². The molecule has 12 heavy (non-hydrogen) atoms. The molecule has 0 radical (unpaired) electrons. The summed E-state index contributed by atoms with van der Waals surface area (Å²) >= 11 is 0. The average Bonchev–Trinajstić information content (AvgIpc) is 2.29. The van der Waals surface area contributed by atoms with Crippen LogP contribution in [0.4, 0.5) is 0 Å². The fraction of sp³-hybridized carbons (Fsp3) is 0.750. The van der Waals surface area contributed by atoms with Crippen LogP contribution in [0.15, 0.2) is 4.99 Å². The van der Waals surface area contributed by atoms with E-state index in [2.05, 4.69) is 4.99 Å². The molecule has 0 spiro atoms. The van der Waals surface area contributed by atoms with Crippen molar-refractivity contribution in [2.24, 2.45) is 4.99 Å². The van der Waals surface area contributed by atoms with Crippen molar-refractivity contribution in [3.8, 4) is 0 Å². The van der Waals surface area contributed by atoms with Crippen molar-refractivity contribution in [1.82, 2.24) is 4.90 Å². The van der Waals surface area contributed by atoms with Crippen LogP contribution in [0, 0.1) is 0 Å². The highest BCUT2D eigenvalue weighted by molar-refractivity contribution is 6.11. The van der Waals surface area contributed by atoms with Crippen molar-refractivity contribution >= 4 is 11.6 Å². The molecule has 1 atom stereocenters. The first-order valence-electron chi connectivity index (χ1n) is 3.94. The standard InChI is InChI=1S/C8H14N2O2/c1-6(11)8(12)4-5-10(3)7(8)9-2/h12H,4-5H2,1-3H3/b9-7+/t8-/m1/s1. The zero-order valence-corrected chi connectivity index (χ0v) is 7.66. The molecule has 1 aliphatic heterocycles. The molecule has 0 unspecified atom stereocenters. The molecule has 0 aromatic heterocycles. The summed E-state index contributed by atoms with van der Waals surface area (Å²) in [6.45, 7) is 2.08. The lowest BCUT2D eigenvalue weighted by Crippen LogP contribution is -2.44. The molecule has 0 aliphatic carbocycles. The number of nitrogens with zero attached hydrogens (tertiary/aromatic N) is 2. The van der Waals surface area contributed by atoms with Gasteiger partial charge >= 0.3 is 0 Å². The molecule has 1 fully saturated rings. The minimum absolute atomic E-state index is 0.229. The van der Waals surface area contributed by atoms with Crippen LogP contribution in [0.5, 0.6) is 0 Å². The Morgan fingerprint density at radius 1 is 1.75 bits per heavy atom. The minimum atomic E-state index is -1.33. The number of ketones is 1. The number of hydrogen-bond donors (Lipinski definition) is 1. The van der Waals surface area contributed by atoms with Gasteiger partial charge in [-0.2, -0.15) is 0 Å². The molecule has 0 bridgehead atoms. The van der Waals surface area contributed by atoms with Gasteiger partial charge in [-0.1, -0.05) is 0 Å². The average molecular weight is 170 g/mol. The molecule has 4 heteroatoms. The molecule has 1 rings (SSSR count). The smallest absolute Gasteiger partial charge is 0.181 e. The van der Waals surface area contributed by atoms with Crippen molar-refractivity contribution < 1.29 is 9.90 Å². The van der Waals surface area contributed by atoms with Gasteiger partial charge in [0.15, 0.2) is 11.4 Å². The summed E-state index contributed by atoms with van der Waals surface area (Å²) in [5.41, 5.74) is -1.33. The first-order chi connectivity index (χ1) is 5.52. The third-order valence-electron chi connectivity index (χ3n) is 2.33. The fourth-order valence-electron chi connectivity index (χ4n) is 1.55. The van der Waals surface area contributed by atoms with E-state index in [-0.39, 0.29) is 5.78 Å². The lowest BCUT2D eigenvalue weighted by atomic mass is 9.97. The fourth-order valence-corrected chi connectivity index (χ4v) is 1.55. The second-order valence-electron chi connectivity index (χ2n) is 3.14. The van der Waals surface area contributed by atoms with E-state index in [1.165, 1.54) is 6.92 Å². The lowest BCUT2D eigenvalue weighted by Gasteiger charge is -2.21. The minimum Gasteiger partial charge on any atom is -0.374 e. The summed E-state index contributed by atoms with van der Waals surface area (Å²) < 4.78 is 0. The largest absolute Gasteiger partial charge is 0.374 e. The van der Waals surface area contributed by atoms with E-state index < -0.39 is 5.60 Å². The van der Waals surface area contributed by atoms with Gasteiger partial charge in [-0.3, -0.25) is 9.79 Å². The Balaban J connectivity index is 3.01. The van der Waals surface area contributed by atoms with Gasteiger partial charge < -0.3 is 10.0 Å². The number of Topliss-reactive ketones (excluding diaryl/α,β-unsaturated/α-hetero) is 1. The van der Waals surface area contributed by atoms with Crippen LogP contribution in [-0.4, -0.2) is 47.9 Å². The number of carbonyl (C=O) groups is 1. The molecule has 4 nitrogen and oxygen atoms in total. The number of aliphatic imine (C=N–C) groups is 1. The summed E-state index contributed by atoms with van der Waals surface area (Å²) in [6, 6.07) is 0. The third-order valence-corrected chi connectivity index (χ3v) is 2.33. The molecule has 0 saturated carbocycles. The first-order valence-corrected chi connectivity index (χ1v) is 3.94. The lowest BCUT2D eigenvalue weighted by molar-refractivity contribution is -0.128. The molecule has 68 valence electrons. The predicted octanol–water partition coefficient (Wildman–Crippen LogP) is -0.330. The van der Waals surface area contributed by atoms with Crippen LogP contribution < -0.4 is 0 Å². The molecule has 1 heterocycles. The van der Waals surface area contributed by atoms with Gasteiger partial charge in [0.2, 0.25) is 0 Å². The maximum atomic E-state index is 11.1. The van der Waals surface area contributed by atoms with E-state index in [4.69, 9.17) is 0 Å². The summed E-state index contributed by atoms with van der Waals surface area (Å²) in [4.78, 5) is 16.8. The van der Waals surface area contributed by atoms with Gasteiger partial charge in [-0.15, -0.1) is 0 Å². The maximum Gasteiger partial charge on any atom is 0.181 e. The number of rotatable bonds is 1. The zero-order chi connectivity index (χ0) is 9.35. The molecule has 1 aliphatic rings. The number of aliphatic hydroxyl groups is 1. The van der Waals surface area contributed by atoms with Gasteiger partial charge in [0.1, 0.15) is 5.84 Å². The highest BCUT2D eigenvalue weighted by Crippen LogP contribution is 2.23. The molecule has 0 aromatic carbocycles. The van der Waals surface area contributed by atoms with E-state index in [1.54, 1.807) is 11.9 Å². The SMILES string of the molecule is C/N=C1/N(C)CC[C@@]1(O)C(C)=O. The zero-order valence-electron chi connectivity index (χ0n) is 7.66. The number of carbonyl (C=O) groups excluding carboxylic acids is 1. The second kappa shape index (κ2) is 2.86. The van der Waals surface area contributed by atoms with Crippen LogP contribution in [0.3, 0.4) is 0 Å². The van der Waals surface area contributed by atoms with E-state index >= 15 is 0 Å². The topological polar surface area (TPSA) is 52.9 Å². The van der Waals surface area contributed by atoms with E-state index in [0.29, 0.717) is 18.8 Å². The summed E-state index contributed by atoms with van der Waals surface area (Å²) in [6.07, 6.45) is 0.450. The Bertz CT molecular complexity index is 237. The first kappa shape index (κ1) is 9.19. The predicted molar refractivity (Wildman–Crippen MR) is 46.2 cm³/mol. The third kappa shape index (κ3) is 1.12. The van der Waals surface area contributed by atoms with Crippen LogP contribution in [0.2, 0.25) is 0 Å². The molecule has 1 N–H and O–H groups in total. The number of likely N-dealkylation sites (tertiary alicyclic amines) is 1. The Morgan fingerprint density at radius 2 is 2.33 bits per heavy atom. The Kier molecular flexibility index (Phi) is 2.19. The van der Waals surface area contributed by atoms with Crippen molar-refractivity contribution in [2.75, 3.05) is 20.6 Å². The van der Waals surface area contributed by atoms with Gasteiger partial charge in [-0.05, 0) is 6.92 Å². The number of likely N-dealkylation sites (N-methyl/N-ethyl adjacent to an activating group) is 1. The molecular weight excluding hydrogens is 156 g/mol. The van der Waals surface area contributed by atoms with Crippen LogP contribution >= 0.6 is 0 Å². The normalized spacial score (nSPS) is 33.0. The number of amidine groups is 1. The molecular formula is C8H14N2O2. The number of hydrogen-bond acceptors (Lipinski definition) is 3. The van der Waals surface area contributed by atoms with Crippen molar-refractivity contribution in [2.45, 2.75) is 18.9 Å². The maximum absolute atomic E-state index is 11.1. The van der Waals surface area contributed by atoms with E-state index in [1.807, 2.05) is 7.05 Å². The molecule has 0 aromatic rings. The Morgan fingerprint density at radius 3 is 2.67 bits per heavy atom. The van der Waals surface area contributed by atoms with Crippen LogP contribution in [-0.2, 0) is 4.79 Å². The second-order valence-corrected chi connectivity index (χ2v) is 3.14. The van der Waals surface area contributed by atoms with Gasteiger partial charge in [0.25, 0.3) is 0 Å². The highest BCUT2D eigenvalue weighted by Gasteiger charge is 2.45. The van der Waals surface area contributed by atoms with Crippen LogP contribution in [0.1, 0.15) is 13.3 Å². The molecule has 1 saturated heterocycles. The quantitative estimate of drug-likeness (QED) is 0.586. The van der Waals surface area contributed by atoms with Crippen molar-refractivity contribution in [1.29, 1.82) is 0 Å². The van der Waals surface area contributed by atoms with Crippen molar-refractivity contribution in [3.63, 3.8) is 0 Å². The Labute approximate surface area is 71.9 Å². The summed E-state index contributed by atoms with van der Waals surface area (Å²) in [5.74, 6) is 0.252. The van der Waals surface area contributed by atoms with Gasteiger partial charge in [0, 0.05) is 27.1 Å². The molecule has 0 amide bonds.